The van der Waals surface area contributed by atoms with Crippen LogP contribution in [-0.4, -0.2) is 31.1 Å². The first-order valence-corrected chi connectivity index (χ1v) is 6.84. The third kappa shape index (κ3) is 4.88. The summed E-state index contributed by atoms with van der Waals surface area (Å²) in [5.41, 5.74) is 0.507. The van der Waals surface area contributed by atoms with Gasteiger partial charge in [0.25, 0.3) is 0 Å². The van der Waals surface area contributed by atoms with Crippen molar-refractivity contribution in [2.45, 2.75) is 39.3 Å². The van der Waals surface area contributed by atoms with E-state index in [-0.39, 0.29) is 6.04 Å². The number of hydrogen-bond donors (Lipinski definition) is 1. The van der Waals surface area contributed by atoms with Gasteiger partial charge in [0.2, 0.25) is 0 Å². The number of benzene rings is 1. The van der Waals surface area contributed by atoms with Crippen molar-refractivity contribution in [1.29, 1.82) is 0 Å². The van der Waals surface area contributed by atoms with Gasteiger partial charge in [-0.3, -0.25) is 0 Å². The maximum Gasteiger partial charge on any atom is 0.130 e. The Hall–Kier alpha value is -1.00. The van der Waals surface area contributed by atoms with E-state index in [0.717, 1.165) is 25.6 Å². The molecule has 0 saturated carbocycles. The van der Waals surface area contributed by atoms with Crippen LogP contribution < -0.4 is 5.32 Å². The molecule has 0 fully saturated rings. The van der Waals surface area contributed by atoms with Gasteiger partial charge in [-0.2, -0.15) is 0 Å². The second-order valence-corrected chi connectivity index (χ2v) is 5.08. The lowest BCUT2D eigenvalue weighted by Crippen LogP contribution is -2.35. The molecule has 0 aliphatic carbocycles. The van der Waals surface area contributed by atoms with Crippen LogP contribution in [0.1, 0.15) is 38.8 Å². The molecule has 0 heterocycles. The second-order valence-electron chi connectivity index (χ2n) is 5.08. The normalized spacial score (nSPS) is 14.7. The summed E-state index contributed by atoms with van der Waals surface area (Å²) in [7, 11) is 2.08. The highest BCUT2D eigenvalue weighted by atomic mass is 19.1. The SMILES string of the molecule is CCC(C)N(C)CCNC(C)c1ccc(F)cc1F. The lowest BCUT2D eigenvalue weighted by Gasteiger charge is -2.24. The molecule has 0 saturated heterocycles. The number of hydrogen-bond acceptors (Lipinski definition) is 2. The van der Waals surface area contributed by atoms with Crippen molar-refractivity contribution in [3.05, 3.63) is 35.4 Å². The predicted molar refractivity (Wildman–Crippen MR) is 75.2 cm³/mol. The summed E-state index contributed by atoms with van der Waals surface area (Å²) in [6.07, 6.45) is 1.11. The van der Waals surface area contributed by atoms with Crippen LogP contribution in [0.5, 0.6) is 0 Å². The third-order valence-corrected chi connectivity index (χ3v) is 3.69. The molecule has 0 amide bonds. The molecule has 0 radical (unpaired) electrons. The van der Waals surface area contributed by atoms with Gasteiger partial charge >= 0.3 is 0 Å². The van der Waals surface area contributed by atoms with Crippen LogP contribution in [0.15, 0.2) is 18.2 Å². The highest BCUT2D eigenvalue weighted by Gasteiger charge is 2.12. The smallest absolute Gasteiger partial charge is 0.130 e. The van der Waals surface area contributed by atoms with Gasteiger partial charge in [-0.25, -0.2) is 8.78 Å². The molecule has 4 heteroatoms. The molecule has 19 heavy (non-hydrogen) atoms. The van der Waals surface area contributed by atoms with Gasteiger partial charge in [0.1, 0.15) is 11.6 Å². The standard InChI is InChI=1S/C15H24F2N2/c1-5-11(2)19(4)9-8-18-12(3)14-7-6-13(16)10-15(14)17/h6-7,10-12,18H,5,8-9H2,1-4H3. The molecule has 2 nitrogen and oxygen atoms in total. The number of halogens is 2. The van der Waals surface area contributed by atoms with Crippen LogP contribution in [0, 0.1) is 11.6 Å². The molecule has 0 aromatic heterocycles. The Balaban J connectivity index is 2.45. The van der Waals surface area contributed by atoms with Gasteiger partial charge in [-0.15, -0.1) is 0 Å². The zero-order valence-electron chi connectivity index (χ0n) is 12.2. The van der Waals surface area contributed by atoms with Crippen LogP contribution in [0.3, 0.4) is 0 Å². The third-order valence-electron chi connectivity index (χ3n) is 3.69. The van der Waals surface area contributed by atoms with E-state index in [0.29, 0.717) is 11.6 Å². The summed E-state index contributed by atoms with van der Waals surface area (Å²) in [5, 5.41) is 3.26. The van der Waals surface area contributed by atoms with Crippen molar-refractivity contribution in [2.75, 3.05) is 20.1 Å². The minimum atomic E-state index is -0.537. The molecule has 0 aliphatic rings. The largest absolute Gasteiger partial charge is 0.309 e. The number of nitrogens with zero attached hydrogens (tertiary/aromatic N) is 1. The molecule has 1 aromatic rings. The fourth-order valence-electron chi connectivity index (χ4n) is 1.95. The van der Waals surface area contributed by atoms with Crippen molar-refractivity contribution >= 4 is 0 Å². The highest BCUT2D eigenvalue weighted by molar-refractivity contribution is 5.21. The minimum Gasteiger partial charge on any atom is -0.309 e. The van der Waals surface area contributed by atoms with E-state index < -0.39 is 11.6 Å². The Morgan fingerprint density at radius 2 is 1.95 bits per heavy atom. The van der Waals surface area contributed by atoms with E-state index in [9.17, 15) is 8.78 Å². The molecule has 1 rings (SSSR count). The fourth-order valence-corrected chi connectivity index (χ4v) is 1.95. The summed E-state index contributed by atoms with van der Waals surface area (Å²) in [6.45, 7) is 7.91. The first-order valence-electron chi connectivity index (χ1n) is 6.84. The van der Waals surface area contributed by atoms with E-state index in [1.165, 1.54) is 12.1 Å². The Kier molecular flexibility index (Phi) is 6.38. The first kappa shape index (κ1) is 16.1. The van der Waals surface area contributed by atoms with Crippen molar-refractivity contribution in [2.24, 2.45) is 0 Å². The van der Waals surface area contributed by atoms with Gasteiger partial charge in [-0.1, -0.05) is 13.0 Å². The zero-order chi connectivity index (χ0) is 14.4. The number of nitrogens with one attached hydrogen (secondary N) is 1. The molecular formula is C15H24F2N2. The quantitative estimate of drug-likeness (QED) is 0.817. The fraction of sp³-hybridized carbons (Fsp3) is 0.600. The second kappa shape index (κ2) is 7.56. The van der Waals surface area contributed by atoms with Crippen LogP contribution in [0.4, 0.5) is 8.78 Å². The molecule has 2 atom stereocenters. The molecule has 1 aromatic carbocycles. The van der Waals surface area contributed by atoms with E-state index in [1.54, 1.807) is 0 Å². The lowest BCUT2D eigenvalue weighted by molar-refractivity contribution is 0.249. The maximum atomic E-state index is 13.6. The average molecular weight is 270 g/mol. The van der Waals surface area contributed by atoms with Gasteiger partial charge in [-0.05, 0) is 33.4 Å². The Bertz CT molecular complexity index is 396. The summed E-state index contributed by atoms with van der Waals surface area (Å²) >= 11 is 0. The van der Waals surface area contributed by atoms with Crippen molar-refractivity contribution < 1.29 is 8.78 Å². The Morgan fingerprint density at radius 1 is 1.26 bits per heavy atom. The summed E-state index contributed by atoms with van der Waals surface area (Å²) < 4.78 is 26.4. The minimum absolute atomic E-state index is 0.120. The topological polar surface area (TPSA) is 15.3 Å². The predicted octanol–water partition coefficient (Wildman–Crippen LogP) is 3.35. The molecule has 0 spiro atoms. The van der Waals surface area contributed by atoms with Crippen LogP contribution in [0.2, 0.25) is 0 Å². The van der Waals surface area contributed by atoms with E-state index in [1.807, 2.05) is 6.92 Å². The Labute approximate surface area is 114 Å². The average Bonchev–Trinajstić information content (AvgIpc) is 2.37. The molecule has 108 valence electrons. The van der Waals surface area contributed by atoms with Crippen LogP contribution in [-0.2, 0) is 0 Å². The molecule has 1 N–H and O–H groups in total. The van der Waals surface area contributed by atoms with Gasteiger partial charge in [0.15, 0.2) is 0 Å². The van der Waals surface area contributed by atoms with Crippen molar-refractivity contribution in [1.82, 2.24) is 10.2 Å². The maximum absolute atomic E-state index is 13.6. The first-order chi connectivity index (χ1) is 8.95. The van der Waals surface area contributed by atoms with Gasteiger partial charge in [0.05, 0.1) is 0 Å². The molecular weight excluding hydrogens is 246 g/mol. The summed E-state index contributed by atoms with van der Waals surface area (Å²) in [5.74, 6) is -1.03. The monoisotopic (exact) mass is 270 g/mol. The zero-order valence-corrected chi connectivity index (χ0v) is 12.2. The molecule has 0 bridgehead atoms. The van der Waals surface area contributed by atoms with Crippen LogP contribution in [0.25, 0.3) is 0 Å². The van der Waals surface area contributed by atoms with E-state index in [2.05, 4.69) is 31.1 Å². The Morgan fingerprint density at radius 3 is 2.53 bits per heavy atom. The van der Waals surface area contributed by atoms with E-state index in [4.69, 9.17) is 0 Å². The highest BCUT2D eigenvalue weighted by Crippen LogP contribution is 2.17. The van der Waals surface area contributed by atoms with Crippen molar-refractivity contribution in [3.8, 4) is 0 Å². The summed E-state index contributed by atoms with van der Waals surface area (Å²) in [4.78, 5) is 2.26. The van der Waals surface area contributed by atoms with Gasteiger partial charge < -0.3 is 10.2 Å². The number of rotatable bonds is 7. The van der Waals surface area contributed by atoms with E-state index >= 15 is 0 Å². The molecule has 0 aliphatic heterocycles. The summed E-state index contributed by atoms with van der Waals surface area (Å²) in [6, 6.07) is 4.15. The van der Waals surface area contributed by atoms with Crippen molar-refractivity contribution in [3.63, 3.8) is 0 Å². The van der Waals surface area contributed by atoms with Gasteiger partial charge in [0, 0.05) is 36.8 Å². The number of likely N-dealkylation sites (N-methyl/N-ethyl adjacent to an activating group) is 1. The molecule has 2 unspecified atom stereocenters. The lowest BCUT2D eigenvalue weighted by atomic mass is 10.1. The van der Waals surface area contributed by atoms with Crippen LogP contribution >= 0.6 is 0 Å².